The molecule has 0 amide bonds. The van der Waals surface area contributed by atoms with Crippen molar-refractivity contribution in [2.75, 3.05) is 52.9 Å². The molecule has 0 aromatic rings. The summed E-state index contributed by atoms with van der Waals surface area (Å²) in [5.41, 5.74) is 0. The van der Waals surface area contributed by atoms with E-state index in [1.165, 1.54) is 38.5 Å². The minimum absolute atomic E-state index is 0.0478. The van der Waals surface area contributed by atoms with Gasteiger partial charge in [-0.25, -0.2) is 4.57 Å². The number of hydrogen-bond acceptors (Lipinski definition) is 42. The first kappa shape index (κ1) is 108. The predicted molar refractivity (Wildman–Crippen MR) is 422 cm³/mol. The van der Waals surface area contributed by atoms with Crippen LogP contribution in [0, 0.1) is 0 Å². The Hall–Kier alpha value is -3.13. The van der Waals surface area contributed by atoms with Crippen LogP contribution in [0.25, 0.3) is 0 Å². The highest BCUT2D eigenvalue weighted by Gasteiger charge is 2.60. The number of phosphoric acid groups is 1. The maximum Gasteiger partial charge on any atom is 0.472 e. The van der Waals surface area contributed by atoms with Crippen LogP contribution in [0.1, 0.15) is 174 Å². The molecule has 124 heavy (non-hydrogen) atoms. The molecule has 1 saturated carbocycles. The topological polar surface area (TPSA) is 684 Å². The number of esters is 2. The van der Waals surface area contributed by atoms with Crippen molar-refractivity contribution in [1.82, 2.24) is 0 Å². The quantitative estimate of drug-likeness (QED) is 0.0118. The number of aliphatic hydroxyl groups excluding tert-OH is 23. The Morgan fingerprint density at radius 1 is 0.323 bits per heavy atom. The zero-order valence-electron chi connectivity index (χ0n) is 70.1. The van der Waals surface area contributed by atoms with E-state index in [1.54, 1.807) is 0 Å². The van der Waals surface area contributed by atoms with Gasteiger partial charge >= 0.3 is 19.8 Å². The van der Waals surface area contributed by atoms with Crippen LogP contribution in [0.4, 0.5) is 0 Å². The lowest BCUT2D eigenvalue weighted by atomic mass is 9.84. The second kappa shape index (κ2) is 55.4. The van der Waals surface area contributed by atoms with Crippen molar-refractivity contribution in [1.29, 1.82) is 0 Å². The number of aliphatic hydroxyl groups is 23. The molecule has 1 aliphatic carbocycles. The van der Waals surface area contributed by atoms with Gasteiger partial charge in [0.25, 0.3) is 0 Å². The van der Waals surface area contributed by atoms with Gasteiger partial charge in [-0.05, 0) is 64.2 Å². The number of ether oxygens (including phenoxy) is 14. The second-order valence-electron chi connectivity index (χ2n) is 32.6. The van der Waals surface area contributed by atoms with Gasteiger partial charge in [0.1, 0.15) is 190 Å². The third-order valence-corrected chi connectivity index (χ3v) is 23.8. The lowest BCUT2D eigenvalue weighted by Gasteiger charge is -2.49. The van der Waals surface area contributed by atoms with E-state index in [-0.39, 0.29) is 12.8 Å². The Morgan fingerprint density at radius 2 is 0.621 bits per heavy atom. The van der Waals surface area contributed by atoms with Gasteiger partial charge in [0.15, 0.2) is 43.8 Å². The Balaban J connectivity index is 1.00. The average Bonchev–Trinajstić information content (AvgIpc) is 0.758. The Kier molecular flexibility index (Phi) is 48.2. The third-order valence-electron chi connectivity index (χ3n) is 22.8. The zero-order chi connectivity index (χ0) is 90.9. The molecule has 43 nitrogen and oxygen atoms in total. The molecule has 0 spiro atoms. The average molecular weight is 1820 g/mol. The molecule has 7 aliphatic rings. The number of phosphoric ester groups is 1. The molecule has 7 fully saturated rings. The van der Waals surface area contributed by atoms with Crippen molar-refractivity contribution >= 4 is 19.8 Å². The van der Waals surface area contributed by atoms with Crippen molar-refractivity contribution < 1.29 is 212 Å². The fourth-order valence-electron chi connectivity index (χ4n) is 15.0. The van der Waals surface area contributed by atoms with E-state index in [1.807, 2.05) is 0 Å². The number of hydrogen-bond donors (Lipinski definition) is 24. The van der Waals surface area contributed by atoms with Crippen molar-refractivity contribution in [3.8, 4) is 0 Å². The molecule has 0 radical (unpaired) electrons. The van der Waals surface area contributed by atoms with Crippen molar-refractivity contribution in [3.63, 3.8) is 0 Å². The molecule has 6 saturated heterocycles. The Labute approximate surface area is 719 Å². The van der Waals surface area contributed by atoms with E-state index in [0.717, 1.165) is 83.5 Å². The maximum atomic E-state index is 14.5. The van der Waals surface area contributed by atoms with Gasteiger partial charge in [-0.1, -0.05) is 134 Å². The van der Waals surface area contributed by atoms with Crippen molar-refractivity contribution in [2.45, 2.75) is 401 Å². The summed E-state index contributed by atoms with van der Waals surface area (Å²) in [6.45, 7) is -3.02. The fraction of sp³-hybridized carbons (Fsp3) is 0.900. The molecule has 6 aliphatic heterocycles. The Morgan fingerprint density at radius 3 is 0.992 bits per heavy atom. The molecular formula is C80H139O43P. The lowest BCUT2D eigenvalue weighted by Crippen LogP contribution is -2.69. The molecule has 24 N–H and O–H groups in total. The summed E-state index contributed by atoms with van der Waals surface area (Å²) in [6.07, 6.45) is -42.7. The molecule has 38 atom stereocenters. The summed E-state index contributed by atoms with van der Waals surface area (Å²) < 4.78 is 104. The SMILES string of the molecule is CCC/C=C\C/C=C\CCCCCCCC(=O)O[C@H](COC(=O)CCCCCCC/C=C\CCCCCCCCC)COP(=O)(O)O[C@@H]1C(O[C@@H]2OC(CO[C@@H]3OC(CO[C@@H]4OC(CO[C@@H]5OC(CO[C@@H]6OC(CO)[C@H](O)C(O)[C@@H]6O)[C@H](O)C(O)[C@@H]5O)[C@H](O)C(O)[C@@H]4O)[C@H](O)C(O)[C@@H]3O)[C@H](O)C(O)[C@@H]2O)C(O)[C@@H](O)C(O)[C@H]1O[C@H]1OC(CO)[C@@H](O)C(O)[C@H]1O. The smallest absolute Gasteiger partial charge is 0.462 e. The van der Waals surface area contributed by atoms with Crippen LogP contribution in [0.5, 0.6) is 0 Å². The van der Waals surface area contributed by atoms with Crippen LogP contribution in [-0.4, -0.2) is 414 Å². The minimum atomic E-state index is -5.89. The largest absolute Gasteiger partial charge is 0.472 e. The van der Waals surface area contributed by atoms with E-state index in [2.05, 4.69) is 50.3 Å². The van der Waals surface area contributed by atoms with E-state index in [4.69, 9.17) is 75.4 Å². The molecule has 0 bridgehead atoms. The van der Waals surface area contributed by atoms with Gasteiger partial charge in [-0.3, -0.25) is 18.6 Å². The number of carbonyl (C=O) groups is 2. The van der Waals surface area contributed by atoms with Crippen LogP contribution in [-0.2, 0) is 89.5 Å². The van der Waals surface area contributed by atoms with Crippen LogP contribution >= 0.6 is 7.82 Å². The molecule has 722 valence electrons. The van der Waals surface area contributed by atoms with Gasteiger partial charge in [0, 0.05) is 12.8 Å². The first-order valence-electron chi connectivity index (χ1n) is 43.4. The van der Waals surface area contributed by atoms with Gasteiger partial charge in [-0.2, -0.15) is 0 Å². The van der Waals surface area contributed by atoms with E-state index in [9.17, 15) is 136 Å². The Bertz CT molecular complexity index is 3100. The molecule has 7 rings (SSSR count). The molecule has 6 heterocycles. The monoisotopic (exact) mass is 1820 g/mol. The molecule has 0 aromatic heterocycles. The van der Waals surface area contributed by atoms with E-state index < -0.39 is 300 Å². The summed E-state index contributed by atoms with van der Waals surface area (Å²) in [6, 6.07) is 0. The standard InChI is InChI=1S/C80H139O43P/c1-3-5-7-9-11-13-15-17-18-19-21-22-24-26-28-30-32-49(83)108-36-42(114-50(84)33-31-29-27-25-23-20-16-14-12-10-8-6-4-2)37-113-124(106,107)123-74-72(121-79-70(104)58(92)52(86)44(35-82)116-79)64(98)63(97)65(99)73(74)122-80-71(105)62(96)56(90)48(120-80)41-112-78-69(103)61(95)55(89)47(119-78)40-111-77-68(102)60(94)54(88)46(118-77)39-110-76-67(101)59(93)53(87)45(117-76)38-109-75-66(100)57(91)51(85)43(34-81)115-75/h8,10,14,16,18-19,42-48,51-82,85-105H,3-7,9,11-13,15,17,20-41H2,1-2H3,(H,106,107)/b10-8-,16-14-,19-18-/t42-,43?,44?,45?,46?,47?,48?,51+,52-,53+,54+,55+,56+,57?,58?,59?,60?,61?,62?,63+,64?,65?,66+,67+,68+,69+,70-,71+,72-,73?,74+,75-,76-,77-,78-,79-,80+/m1/s1. The highest BCUT2D eigenvalue weighted by molar-refractivity contribution is 7.47. The summed E-state index contributed by atoms with van der Waals surface area (Å²) in [4.78, 5) is 38.4. The van der Waals surface area contributed by atoms with Gasteiger partial charge in [0.05, 0.1) is 46.2 Å². The number of carbonyl (C=O) groups excluding carboxylic acids is 2. The number of rotatable bonds is 54. The summed E-state index contributed by atoms with van der Waals surface area (Å²) in [5.74, 6) is -1.53. The van der Waals surface area contributed by atoms with Crippen LogP contribution < -0.4 is 0 Å². The minimum Gasteiger partial charge on any atom is -0.462 e. The number of unbranched alkanes of at least 4 members (excludes halogenated alkanes) is 18. The predicted octanol–water partition coefficient (Wildman–Crippen LogP) is -4.83. The van der Waals surface area contributed by atoms with Crippen LogP contribution in [0.15, 0.2) is 36.5 Å². The molecule has 16 unspecified atom stereocenters. The molecule has 44 heteroatoms. The highest BCUT2D eigenvalue weighted by atomic mass is 31.2. The lowest BCUT2D eigenvalue weighted by molar-refractivity contribution is -0.365. The number of allylic oxidation sites excluding steroid dienone is 6. The first-order valence-corrected chi connectivity index (χ1v) is 44.9. The maximum absolute atomic E-state index is 14.5. The van der Waals surface area contributed by atoms with E-state index in [0.29, 0.717) is 25.7 Å². The van der Waals surface area contributed by atoms with Crippen LogP contribution in [0.2, 0.25) is 0 Å². The highest BCUT2D eigenvalue weighted by Crippen LogP contribution is 2.49. The van der Waals surface area contributed by atoms with Gasteiger partial charge < -0.3 is 189 Å². The summed E-state index contributed by atoms with van der Waals surface area (Å²) >= 11 is 0. The van der Waals surface area contributed by atoms with Crippen molar-refractivity contribution in [3.05, 3.63) is 36.5 Å². The van der Waals surface area contributed by atoms with Crippen LogP contribution in [0.3, 0.4) is 0 Å². The molecular weight excluding hydrogens is 1680 g/mol. The first-order chi connectivity index (χ1) is 59.2. The van der Waals surface area contributed by atoms with Gasteiger partial charge in [0.2, 0.25) is 0 Å². The molecule has 0 aromatic carbocycles. The van der Waals surface area contributed by atoms with Gasteiger partial charge in [-0.15, -0.1) is 0 Å². The summed E-state index contributed by atoms with van der Waals surface area (Å²) in [5, 5.41) is 250. The zero-order valence-corrected chi connectivity index (χ0v) is 71.0. The normalized spacial score (nSPS) is 39.6. The fourth-order valence-corrected chi connectivity index (χ4v) is 16.0. The third kappa shape index (κ3) is 32.4. The second-order valence-corrected chi connectivity index (χ2v) is 34.0. The summed E-state index contributed by atoms with van der Waals surface area (Å²) in [7, 11) is -5.89. The van der Waals surface area contributed by atoms with Crippen molar-refractivity contribution in [2.24, 2.45) is 0 Å². The van der Waals surface area contributed by atoms with E-state index >= 15 is 0 Å².